The molecule has 1 saturated carbocycles. The van der Waals surface area contributed by atoms with E-state index in [1.54, 1.807) is 0 Å². The van der Waals surface area contributed by atoms with E-state index >= 15 is 0 Å². The number of benzene rings is 1. The Morgan fingerprint density at radius 3 is 2.71 bits per heavy atom. The van der Waals surface area contributed by atoms with Crippen LogP contribution in [0.25, 0.3) is 0 Å². The van der Waals surface area contributed by atoms with E-state index in [1.807, 2.05) is 0 Å². The lowest BCUT2D eigenvalue weighted by atomic mass is 9.75. The zero-order valence-corrected chi connectivity index (χ0v) is 13.7. The molecular weight excluding hydrogens is 287 g/mol. The SMILES string of the molecule is CC1CCC(C(C)C)C(OC(=O)c2ccc(F)c(S)c2)C1. The largest absolute Gasteiger partial charge is 0.458 e. The van der Waals surface area contributed by atoms with Crippen LogP contribution in [0.4, 0.5) is 4.39 Å². The molecule has 116 valence electrons. The van der Waals surface area contributed by atoms with Gasteiger partial charge in [-0.25, -0.2) is 9.18 Å². The molecule has 1 aromatic rings. The fourth-order valence-electron chi connectivity index (χ4n) is 3.10. The molecule has 4 heteroatoms. The van der Waals surface area contributed by atoms with Crippen molar-refractivity contribution >= 4 is 18.6 Å². The Balaban J connectivity index is 2.10. The summed E-state index contributed by atoms with van der Waals surface area (Å²) in [6.45, 7) is 6.54. The maximum atomic E-state index is 13.2. The molecule has 0 heterocycles. The van der Waals surface area contributed by atoms with E-state index in [2.05, 4.69) is 33.4 Å². The molecule has 0 spiro atoms. The number of thiol groups is 1. The molecule has 2 nitrogen and oxygen atoms in total. The second-order valence-electron chi connectivity index (χ2n) is 6.44. The van der Waals surface area contributed by atoms with E-state index in [9.17, 15) is 9.18 Å². The Morgan fingerprint density at radius 2 is 2.10 bits per heavy atom. The number of hydrogen-bond acceptors (Lipinski definition) is 3. The Bertz CT molecular complexity index is 516. The lowest BCUT2D eigenvalue weighted by Gasteiger charge is -2.36. The highest BCUT2D eigenvalue weighted by atomic mass is 32.1. The van der Waals surface area contributed by atoms with Gasteiger partial charge in [0.25, 0.3) is 0 Å². The molecule has 0 aromatic heterocycles. The Hall–Kier alpha value is -1.03. The van der Waals surface area contributed by atoms with Gasteiger partial charge in [-0.1, -0.05) is 27.2 Å². The average molecular weight is 310 g/mol. The molecule has 1 aliphatic rings. The molecule has 0 amide bonds. The van der Waals surface area contributed by atoms with Crippen LogP contribution in [0.15, 0.2) is 23.1 Å². The van der Waals surface area contributed by atoms with Gasteiger partial charge in [-0.3, -0.25) is 0 Å². The zero-order chi connectivity index (χ0) is 15.6. The van der Waals surface area contributed by atoms with Crippen molar-refractivity contribution in [2.24, 2.45) is 17.8 Å². The lowest BCUT2D eigenvalue weighted by molar-refractivity contribution is -0.0174. The molecule has 1 aliphatic carbocycles. The van der Waals surface area contributed by atoms with E-state index in [1.165, 1.54) is 24.6 Å². The fraction of sp³-hybridized carbons (Fsp3) is 0.588. The molecular formula is C17H23FO2S. The van der Waals surface area contributed by atoms with Crippen LogP contribution in [0.1, 0.15) is 50.4 Å². The minimum atomic E-state index is -0.429. The van der Waals surface area contributed by atoms with Crippen molar-refractivity contribution in [2.75, 3.05) is 0 Å². The van der Waals surface area contributed by atoms with Crippen LogP contribution >= 0.6 is 12.6 Å². The summed E-state index contributed by atoms with van der Waals surface area (Å²) in [5.41, 5.74) is 0.363. The van der Waals surface area contributed by atoms with Crippen molar-refractivity contribution < 1.29 is 13.9 Å². The molecule has 21 heavy (non-hydrogen) atoms. The van der Waals surface area contributed by atoms with Crippen LogP contribution in [0, 0.1) is 23.6 Å². The minimum absolute atomic E-state index is 0.0466. The van der Waals surface area contributed by atoms with Gasteiger partial charge in [0, 0.05) is 4.90 Å². The number of halogens is 1. The first-order valence-corrected chi connectivity index (χ1v) is 8.02. The zero-order valence-electron chi connectivity index (χ0n) is 12.8. The summed E-state index contributed by atoms with van der Waals surface area (Å²) in [6.07, 6.45) is 3.14. The van der Waals surface area contributed by atoms with Crippen LogP contribution in [0.3, 0.4) is 0 Å². The summed E-state index contributed by atoms with van der Waals surface area (Å²) in [4.78, 5) is 12.4. The molecule has 3 unspecified atom stereocenters. The van der Waals surface area contributed by atoms with Crippen molar-refractivity contribution in [1.82, 2.24) is 0 Å². The number of rotatable bonds is 3. The molecule has 0 N–H and O–H groups in total. The second kappa shape index (κ2) is 6.82. The second-order valence-corrected chi connectivity index (χ2v) is 6.92. The highest BCUT2D eigenvalue weighted by Gasteiger charge is 2.33. The highest BCUT2D eigenvalue weighted by Crippen LogP contribution is 2.35. The van der Waals surface area contributed by atoms with Crippen molar-refractivity contribution in [2.45, 2.75) is 51.0 Å². The van der Waals surface area contributed by atoms with Gasteiger partial charge >= 0.3 is 5.97 Å². The maximum Gasteiger partial charge on any atom is 0.338 e. The van der Waals surface area contributed by atoms with Crippen molar-refractivity contribution in [3.63, 3.8) is 0 Å². The Kier molecular flexibility index (Phi) is 5.31. The van der Waals surface area contributed by atoms with Crippen molar-refractivity contribution in [3.8, 4) is 0 Å². The summed E-state index contributed by atoms with van der Waals surface area (Å²) in [5.74, 6) is 0.660. The number of carbonyl (C=O) groups is 1. The summed E-state index contributed by atoms with van der Waals surface area (Å²) < 4.78 is 18.9. The van der Waals surface area contributed by atoms with E-state index < -0.39 is 5.82 Å². The lowest BCUT2D eigenvalue weighted by Crippen LogP contribution is -2.35. The number of hydrogen-bond donors (Lipinski definition) is 1. The third-order valence-electron chi connectivity index (χ3n) is 4.40. The topological polar surface area (TPSA) is 26.3 Å². The fourth-order valence-corrected chi connectivity index (χ4v) is 3.31. The molecule has 0 saturated heterocycles. The first-order chi connectivity index (χ1) is 9.88. The highest BCUT2D eigenvalue weighted by molar-refractivity contribution is 7.80. The summed E-state index contributed by atoms with van der Waals surface area (Å²) in [7, 11) is 0. The van der Waals surface area contributed by atoms with Gasteiger partial charge in [-0.2, -0.15) is 0 Å². The van der Waals surface area contributed by atoms with Crippen LogP contribution in [0.2, 0.25) is 0 Å². The molecule has 1 fully saturated rings. The van der Waals surface area contributed by atoms with Crippen LogP contribution in [-0.4, -0.2) is 12.1 Å². The van der Waals surface area contributed by atoms with E-state index in [-0.39, 0.29) is 17.0 Å². The van der Waals surface area contributed by atoms with Crippen molar-refractivity contribution in [1.29, 1.82) is 0 Å². The van der Waals surface area contributed by atoms with E-state index in [0.717, 1.165) is 12.8 Å². The first kappa shape index (κ1) is 16.3. The van der Waals surface area contributed by atoms with Crippen molar-refractivity contribution in [3.05, 3.63) is 29.6 Å². The van der Waals surface area contributed by atoms with E-state index in [4.69, 9.17) is 4.74 Å². The Labute approximate surface area is 131 Å². The minimum Gasteiger partial charge on any atom is -0.458 e. The standard InChI is InChI=1S/C17H23FO2S/c1-10(2)13-6-4-11(3)8-15(13)20-17(19)12-5-7-14(18)16(21)9-12/h5,7,9-11,13,15,21H,4,6,8H2,1-3H3. The van der Waals surface area contributed by atoms with Gasteiger partial charge in [0.05, 0.1) is 5.56 Å². The van der Waals surface area contributed by atoms with Gasteiger partial charge in [0.2, 0.25) is 0 Å². The molecule has 1 aromatic carbocycles. The van der Waals surface area contributed by atoms with Gasteiger partial charge in [0.15, 0.2) is 0 Å². The normalized spacial score (nSPS) is 25.9. The van der Waals surface area contributed by atoms with Gasteiger partial charge < -0.3 is 4.74 Å². The molecule has 2 rings (SSSR count). The van der Waals surface area contributed by atoms with Crippen LogP contribution in [-0.2, 0) is 4.74 Å². The summed E-state index contributed by atoms with van der Waals surface area (Å²) in [5, 5.41) is 0. The number of carbonyl (C=O) groups excluding carboxylic acids is 1. The third-order valence-corrected chi connectivity index (χ3v) is 4.74. The predicted molar refractivity (Wildman–Crippen MR) is 84.2 cm³/mol. The number of ether oxygens (including phenoxy) is 1. The van der Waals surface area contributed by atoms with E-state index in [0.29, 0.717) is 23.3 Å². The van der Waals surface area contributed by atoms with Crippen LogP contribution < -0.4 is 0 Å². The van der Waals surface area contributed by atoms with Crippen LogP contribution in [0.5, 0.6) is 0 Å². The van der Waals surface area contributed by atoms with Gasteiger partial charge in [0.1, 0.15) is 11.9 Å². The monoisotopic (exact) mass is 310 g/mol. The molecule has 3 atom stereocenters. The first-order valence-electron chi connectivity index (χ1n) is 7.58. The molecule has 0 bridgehead atoms. The van der Waals surface area contributed by atoms with Gasteiger partial charge in [-0.05, 0) is 48.8 Å². The third kappa shape index (κ3) is 4.00. The quantitative estimate of drug-likeness (QED) is 0.645. The smallest absolute Gasteiger partial charge is 0.338 e. The summed E-state index contributed by atoms with van der Waals surface area (Å²) in [6, 6.07) is 4.13. The molecule has 0 aliphatic heterocycles. The maximum absolute atomic E-state index is 13.2. The average Bonchev–Trinajstić information content (AvgIpc) is 2.41. The summed E-state index contributed by atoms with van der Waals surface area (Å²) >= 11 is 4.01. The Morgan fingerprint density at radius 1 is 1.38 bits per heavy atom. The molecule has 0 radical (unpaired) electrons. The number of esters is 1. The van der Waals surface area contributed by atoms with Gasteiger partial charge in [-0.15, -0.1) is 12.6 Å². The predicted octanol–water partition coefficient (Wildman–Crippen LogP) is 4.73.